The van der Waals surface area contributed by atoms with E-state index < -0.39 is 5.91 Å². The maximum atomic E-state index is 10.5. The van der Waals surface area contributed by atoms with Gasteiger partial charge in [0.15, 0.2) is 11.6 Å². The van der Waals surface area contributed by atoms with Crippen LogP contribution in [0.3, 0.4) is 0 Å². The summed E-state index contributed by atoms with van der Waals surface area (Å²) < 4.78 is 4.95. The van der Waals surface area contributed by atoms with Crippen LogP contribution in [0.5, 0.6) is 0 Å². The van der Waals surface area contributed by atoms with Gasteiger partial charge in [0.2, 0.25) is 0 Å². The number of nitrogens with one attached hydrogen (secondary N) is 1. The summed E-state index contributed by atoms with van der Waals surface area (Å²) in [6.07, 6.45) is 0. The van der Waals surface area contributed by atoms with E-state index in [1.807, 2.05) is 0 Å². The molecule has 66 valence electrons. The van der Waals surface area contributed by atoms with Crippen molar-refractivity contribution < 1.29 is 14.3 Å². The van der Waals surface area contributed by atoms with Gasteiger partial charge in [-0.2, -0.15) is 0 Å². The van der Waals surface area contributed by atoms with E-state index in [0.29, 0.717) is 12.4 Å². The van der Waals surface area contributed by atoms with Crippen LogP contribution in [0.4, 0.5) is 5.88 Å². The van der Waals surface area contributed by atoms with E-state index in [2.05, 4.69) is 5.32 Å². The fourth-order valence-corrected chi connectivity index (χ4v) is 0.744. The summed E-state index contributed by atoms with van der Waals surface area (Å²) >= 11 is 0. The van der Waals surface area contributed by atoms with Gasteiger partial charge in [0, 0.05) is 12.6 Å². The fourth-order valence-electron chi connectivity index (χ4n) is 0.744. The van der Waals surface area contributed by atoms with Crippen molar-refractivity contribution in [1.82, 2.24) is 0 Å². The second-order valence-electron chi connectivity index (χ2n) is 2.18. The number of carbonyl (C=O) groups is 1. The van der Waals surface area contributed by atoms with Crippen LogP contribution in [0, 0.1) is 0 Å². The molecule has 5 heteroatoms. The molecular formula is C7H10N2O3. The van der Waals surface area contributed by atoms with Crippen LogP contribution in [-0.4, -0.2) is 24.2 Å². The molecule has 5 nitrogen and oxygen atoms in total. The van der Waals surface area contributed by atoms with Gasteiger partial charge in [-0.05, 0) is 6.07 Å². The molecule has 1 heterocycles. The third kappa shape index (κ3) is 2.00. The van der Waals surface area contributed by atoms with Crippen LogP contribution in [0.2, 0.25) is 0 Å². The minimum absolute atomic E-state index is 0.00655. The number of amides is 1. The molecule has 4 N–H and O–H groups in total. The average molecular weight is 170 g/mol. The zero-order valence-corrected chi connectivity index (χ0v) is 6.41. The average Bonchev–Trinajstić information content (AvgIpc) is 2.48. The Bertz CT molecular complexity index is 269. The minimum Gasteiger partial charge on any atom is -0.436 e. The third-order valence-corrected chi connectivity index (χ3v) is 1.26. The zero-order chi connectivity index (χ0) is 8.97. The Balaban J connectivity index is 2.58. The number of primary amides is 1. The molecule has 1 rings (SSSR count). The predicted octanol–water partition coefficient (Wildman–Crippen LogP) is -0.217. The molecule has 0 bridgehead atoms. The standard InChI is InChI=1S/C7H10N2O3/c8-7(11)5-1-2-6(12-5)9-3-4-10/h1-2,9-10H,3-4H2,(H2,8,11). The number of anilines is 1. The van der Waals surface area contributed by atoms with E-state index in [0.717, 1.165) is 0 Å². The number of nitrogens with two attached hydrogens (primary N) is 1. The van der Waals surface area contributed by atoms with Gasteiger partial charge in [-0.3, -0.25) is 4.79 Å². The Morgan fingerprint density at radius 2 is 2.42 bits per heavy atom. The largest absolute Gasteiger partial charge is 0.436 e. The summed E-state index contributed by atoms with van der Waals surface area (Å²) in [5, 5.41) is 11.2. The van der Waals surface area contributed by atoms with Crippen molar-refractivity contribution in [3.63, 3.8) is 0 Å². The van der Waals surface area contributed by atoms with Crippen LogP contribution in [0.1, 0.15) is 10.6 Å². The van der Waals surface area contributed by atoms with Gasteiger partial charge in [-0.1, -0.05) is 0 Å². The number of rotatable bonds is 4. The second-order valence-corrected chi connectivity index (χ2v) is 2.18. The highest BCUT2D eigenvalue weighted by Gasteiger charge is 2.05. The van der Waals surface area contributed by atoms with Gasteiger partial charge >= 0.3 is 0 Å². The van der Waals surface area contributed by atoms with Crippen LogP contribution < -0.4 is 11.1 Å². The summed E-state index contributed by atoms with van der Waals surface area (Å²) in [5.41, 5.74) is 4.95. The molecule has 12 heavy (non-hydrogen) atoms. The Morgan fingerprint density at radius 1 is 1.67 bits per heavy atom. The first kappa shape index (κ1) is 8.61. The number of aliphatic hydroxyl groups excluding tert-OH is 1. The van der Waals surface area contributed by atoms with E-state index in [9.17, 15) is 4.79 Å². The van der Waals surface area contributed by atoms with E-state index in [1.165, 1.54) is 6.07 Å². The number of hydrogen-bond acceptors (Lipinski definition) is 4. The van der Waals surface area contributed by atoms with Crippen LogP contribution in [0.15, 0.2) is 16.5 Å². The van der Waals surface area contributed by atoms with Crippen molar-refractivity contribution in [1.29, 1.82) is 0 Å². The summed E-state index contributed by atoms with van der Waals surface area (Å²) in [5.74, 6) is -0.0691. The first-order valence-corrected chi connectivity index (χ1v) is 3.48. The van der Waals surface area contributed by atoms with Crippen molar-refractivity contribution in [2.75, 3.05) is 18.5 Å². The Morgan fingerprint density at radius 3 is 2.92 bits per heavy atom. The van der Waals surface area contributed by atoms with Crippen LogP contribution >= 0.6 is 0 Å². The highest BCUT2D eigenvalue weighted by Crippen LogP contribution is 2.11. The monoisotopic (exact) mass is 170 g/mol. The minimum atomic E-state index is -0.605. The van der Waals surface area contributed by atoms with E-state index in [1.54, 1.807) is 6.07 Å². The highest BCUT2D eigenvalue weighted by molar-refractivity contribution is 5.90. The van der Waals surface area contributed by atoms with Gasteiger partial charge in [-0.25, -0.2) is 0 Å². The Hall–Kier alpha value is -1.49. The molecule has 1 amide bonds. The SMILES string of the molecule is NC(=O)c1ccc(NCCO)o1. The number of furan rings is 1. The summed E-state index contributed by atoms with van der Waals surface area (Å²) in [6.45, 7) is 0.387. The molecule has 1 aromatic rings. The van der Waals surface area contributed by atoms with Crippen molar-refractivity contribution in [2.24, 2.45) is 5.73 Å². The smallest absolute Gasteiger partial charge is 0.284 e. The molecule has 0 saturated heterocycles. The molecule has 0 unspecified atom stereocenters. The first-order valence-electron chi connectivity index (χ1n) is 3.48. The van der Waals surface area contributed by atoms with Crippen molar-refractivity contribution in [3.8, 4) is 0 Å². The van der Waals surface area contributed by atoms with Crippen molar-refractivity contribution in [3.05, 3.63) is 17.9 Å². The van der Waals surface area contributed by atoms with E-state index in [-0.39, 0.29) is 12.4 Å². The quantitative estimate of drug-likeness (QED) is 0.583. The second kappa shape index (κ2) is 3.77. The van der Waals surface area contributed by atoms with E-state index in [4.69, 9.17) is 15.3 Å². The van der Waals surface area contributed by atoms with Gasteiger partial charge in [-0.15, -0.1) is 0 Å². The molecule has 0 fully saturated rings. The Labute approximate surface area is 69.2 Å². The molecule has 0 spiro atoms. The lowest BCUT2D eigenvalue weighted by molar-refractivity contribution is 0.0975. The van der Waals surface area contributed by atoms with Gasteiger partial charge < -0.3 is 20.6 Å². The highest BCUT2D eigenvalue weighted by atomic mass is 16.4. The Kier molecular flexibility index (Phi) is 2.71. The molecule has 0 saturated carbocycles. The van der Waals surface area contributed by atoms with Gasteiger partial charge in [0.1, 0.15) is 0 Å². The topological polar surface area (TPSA) is 88.5 Å². The van der Waals surface area contributed by atoms with E-state index >= 15 is 0 Å². The molecule has 0 atom stereocenters. The fraction of sp³-hybridized carbons (Fsp3) is 0.286. The summed E-state index contributed by atoms with van der Waals surface area (Å²) in [4.78, 5) is 10.5. The molecular weight excluding hydrogens is 160 g/mol. The van der Waals surface area contributed by atoms with Crippen LogP contribution in [0.25, 0.3) is 0 Å². The van der Waals surface area contributed by atoms with Crippen LogP contribution in [-0.2, 0) is 0 Å². The molecule has 0 aromatic carbocycles. The predicted molar refractivity (Wildman–Crippen MR) is 42.8 cm³/mol. The van der Waals surface area contributed by atoms with Crippen molar-refractivity contribution >= 4 is 11.8 Å². The summed E-state index contributed by atoms with van der Waals surface area (Å²) in [6, 6.07) is 3.05. The van der Waals surface area contributed by atoms with Crippen molar-refractivity contribution in [2.45, 2.75) is 0 Å². The maximum Gasteiger partial charge on any atom is 0.284 e. The molecule has 0 aliphatic heterocycles. The number of aliphatic hydroxyl groups is 1. The van der Waals surface area contributed by atoms with Gasteiger partial charge in [0.05, 0.1) is 6.61 Å². The number of carbonyl (C=O) groups excluding carboxylic acids is 1. The number of hydrogen-bond donors (Lipinski definition) is 3. The zero-order valence-electron chi connectivity index (χ0n) is 6.41. The molecule has 0 radical (unpaired) electrons. The molecule has 0 aliphatic rings. The van der Waals surface area contributed by atoms with Gasteiger partial charge in [0.25, 0.3) is 5.91 Å². The molecule has 0 aliphatic carbocycles. The first-order chi connectivity index (χ1) is 5.74. The molecule has 1 aromatic heterocycles. The maximum absolute atomic E-state index is 10.5. The lowest BCUT2D eigenvalue weighted by Gasteiger charge is -1.97. The third-order valence-electron chi connectivity index (χ3n) is 1.26. The summed E-state index contributed by atoms with van der Waals surface area (Å²) in [7, 11) is 0. The lowest BCUT2D eigenvalue weighted by Crippen LogP contribution is -2.09. The normalized spacial score (nSPS) is 9.75. The lowest BCUT2D eigenvalue weighted by atomic mass is 10.4.